The van der Waals surface area contributed by atoms with Gasteiger partial charge in [0.15, 0.2) is 0 Å². The van der Waals surface area contributed by atoms with Gasteiger partial charge in [0.2, 0.25) is 0 Å². The van der Waals surface area contributed by atoms with E-state index in [0.29, 0.717) is 0 Å². The molecule has 0 spiro atoms. The molecule has 3 rings (SSSR count). The average molecular weight is 309 g/mol. The fourth-order valence-corrected chi connectivity index (χ4v) is 4.15. The van der Waals surface area contributed by atoms with Crippen molar-refractivity contribution in [3.8, 4) is 0 Å². The summed E-state index contributed by atoms with van der Waals surface area (Å²) in [5, 5.41) is 3.49. The van der Waals surface area contributed by atoms with Crippen LogP contribution in [-0.2, 0) is 11.3 Å². The number of aryl methyl sites for hydroxylation is 1. The Balaban J connectivity index is 1.54. The van der Waals surface area contributed by atoms with E-state index < -0.39 is 0 Å². The van der Waals surface area contributed by atoms with Crippen molar-refractivity contribution in [3.05, 3.63) is 16.1 Å². The summed E-state index contributed by atoms with van der Waals surface area (Å²) in [6, 6.07) is 0. The Hall–Kier alpha value is -0.490. The number of hydrogen-bond donors (Lipinski definition) is 1. The summed E-state index contributed by atoms with van der Waals surface area (Å²) >= 11 is 1.80. The summed E-state index contributed by atoms with van der Waals surface area (Å²) in [4.78, 5) is 8.48. The molecule has 1 aromatic rings. The highest BCUT2D eigenvalue weighted by molar-refractivity contribution is 7.09. The maximum atomic E-state index is 5.51. The standard InChI is InChI=1S/C16H27N3OS/c1-13-16(21-12-18-13)10-19(9-15-2-5-17-8-15)6-3-14-4-7-20-11-14/h12,14-15,17H,2-11H2,1H3. The minimum atomic E-state index is 0.775. The molecule has 0 radical (unpaired) electrons. The van der Waals surface area contributed by atoms with Crippen molar-refractivity contribution >= 4 is 11.3 Å². The van der Waals surface area contributed by atoms with E-state index in [1.807, 2.05) is 5.51 Å². The Morgan fingerprint density at radius 3 is 3.05 bits per heavy atom. The lowest BCUT2D eigenvalue weighted by Gasteiger charge is -2.26. The lowest BCUT2D eigenvalue weighted by atomic mass is 10.0. The molecule has 0 aliphatic carbocycles. The third-order valence-electron chi connectivity index (χ3n) is 4.77. The van der Waals surface area contributed by atoms with Crippen LogP contribution < -0.4 is 5.32 Å². The normalized spacial score (nSPS) is 26.0. The molecule has 5 heteroatoms. The van der Waals surface area contributed by atoms with E-state index in [4.69, 9.17) is 4.74 Å². The van der Waals surface area contributed by atoms with Crippen LogP contribution in [0.1, 0.15) is 29.8 Å². The highest BCUT2D eigenvalue weighted by Gasteiger charge is 2.21. The Morgan fingerprint density at radius 1 is 1.43 bits per heavy atom. The van der Waals surface area contributed by atoms with Crippen LogP contribution >= 0.6 is 11.3 Å². The maximum absolute atomic E-state index is 5.51. The molecule has 4 nitrogen and oxygen atoms in total. The van der Waals surface area contributed by atoms with E-state index in [-0.39, 0.29) is 0 Å². The number of rotatable bonds is 7. The third kappa shape index (κ3) is 4.49. The van der Waals surface area contributed by atoms with Crippen molar-refractivity contribution in [1.82, 2.24) is 15.2 Å². The number of aromatic nitrogens is 1. The number of nitrogens with zero attached hydrogens (tertiary/aromatic N) is 2. The lowest BCUT2D eigenvalue weighted by Crippen LogP contribution is -2.32. The maximum Gasteiger partial charge on any atom is 0.0798 e. The molecule has 1 aromatic heterocycles. The zero-order chi connectivity index (χ0) is 14.5. The monoisotopic (exact) mass is 309 g/mol. The van der Waals surface area contributed by atoms with Crippen LogP contribution in [0.4, 0.5) is 0 Å². The molecule has 2 saturated heterocycles. The zero-order valence-corrected chi connectivity index (χ0v) is 13.8. The Kier molecular flexibility index (Phi) is 5.63. The first-order chi connectivity index (χ1) is 10.3. The van der Waals surface area contributed by atoms with Gasteiger partial charge in [-0.15, -0.1) is 11.3 Å². The summed E-state index contributed by atoms with van der Waals surface area (Å²) in [5.74, 6) is 1.59. The minimum Gasteiger partial charge on any atom is -0.381 e. The zero-order valence-electron chi connectivity index (χ0n) is 13.0. The van der Waals surface area contributed by atoms with Gasteiger partial charge < -0.3 is 10.1 Å². The van der Waals surface area contributed by atoms with Crippen LogP contribution in [0, 0.1) is 18.8 Å². The quantitative estimate of drug-likeness (QED) is 0.838. The Bertz CT molecular complexity index is 425. The molecule has 2 aliphatic rings. The second-order valence-electron chi connectivity index (χ2n) is 6.47. The molecule has 2 unspecified atom stereocenters. The van der Waals surface area contributed by atoms with Crippen molar-refractivity contribution in [3.63, 3.8) is 0 Å². The summed E-state index contributed by atoms with van der Waals surface area (Å²) in [6.45, 7) is 9.93. The van der Waals surface area contributed by atoms with Crippen LogP contribution in [0.5, 0.6) is 0 Å². The number of hydrogen-bond acceptors (Lipinski definition) is 5. The summed E-state index contributed by atoms with van der Waals surface area (Å²) in [7, 11) is 0. The molecule has 0 aromatic carbocycles. The molecule has 2 aliphatic heterocycles. The van der Waals surface area contributed by atoms with Gasteiger partial charge in [-0.3, -0.25) is 4.90 Å². The SMILES string of the molecule is Cc1ncsc1CN(CCC1CCOC1)CC1CCNC1. The molecular weight excluding hydrogens is 282 g/mol. The van der Waals surface area contributed by atoms with Gasteiger partial charge in [0.05, 0.1) is 11.2 Å². The van der Waals surface area contributed by atoms with Gasteiger partial charge in [-0.25, -0.2) is 4.98 Å². The smallest absolute Gasteiger partial charge is 0.0798 e. The molecule has 1 N–H and O–H groups in total. The molecule has 0 amide bonds. The first-order valence-corrected chi connectivity index (χ1v) is 9.09. The molecule has 3 heterocycles. The number of thiazole rings is 1. The average Bonchev–Trinajstić information content (AvgIpc) is 3.20. The van der Waals surface area contributed by atoms with Gasteiger partial charge in [-0.2, -0.15) is 0 Å². The Labute approximate surface area is 131 Å². The molecule has 0 saturated carbocycles. The van der Waals surface area contributed by atoms with E-state index in [0.717, 1.165) is 31.6 Å². The van der Waals surface area contributed by atoms with Crippen LogP contribution in [0.3, 0.4) is 0 Å². The first kappa shape index (κ1) is 15.4. The predicted octanol–water partition coefficient (Wildman–Crippen LogP) is 2.29. The highest BCUT2D eigenvalue weighted by Crippen LogP contribution is 2.21. The molecule has 21 heavy (non-hydrogen) atoms. The fraction of sp³-hybridized carbons (Fsp3) is 0.812. The molecule has 118 valence electrons. The largest absolute Gasteiger partial charge is 0.381 e. The number of ether oxygens (including phenoxy) is 1. The van der Waals surface area contributed by atoms with Crippen molar-refractivity contribution in [2.45, 2.75) is 32.7 Å². The predicted molar refractivity (Wildman–Crippen MR) is 86.6 cm³/mol. The van der Waals surface area contributed by atoms with E-state index in [1.165, 1.54) is 56.0 Å². The minimum absolute atomic E-state index is 0.775. The van der Waals surface area contributed by atoms with Gasteiger partial charge >= 0.3 is 0 Å². The van der Waals surface area contributed by atoms with Crippen LogP contribution in [0.25, 0.3) is 0 Å². The van der Waals surface area contributed by atoms with Gasteiger partial charge in [0.1, 0.15) is 0 Å². The van der Waals surface area contributed by atoms with Crippen molar-refractivity contribution < 1.29 is 4.74 Å². The lowest BCUT2D eigenvalue weighted by molar-refractivity contribution is 0.173. The topological polar surface area (TPSA) is 37.4 Å². The van der Waals surface area contributed by atoms with Crippen LogP contribution in [0.15, 0.2) is 5.51 Å². The summed E-state index contributed by atoms with van der Waals surface area (Å²) in [6.07, 6.45) is 3.85. The van der Waals surface area contributed by atoms with Gasteiger partial charge in [0.25, 0.3) is 0 Å². The Morgan fingerprint density at radius 2 is 2.38 bits per heavy atom. The summed E-state index contributed by atoms with van der Waals surface area (Å²) < 4.78 is 5.51. The van der Waals surface area contributed by atoms with E-state index >= 15 is 0 Å². The molecule has 2 atom stereocenters. The van der Waals surface area contributed by atoms with Gasteiger partial charge in [0, 0.05) is 31.2 Å². The van der Waals surface area contributed by atoms with E-state index in [1.54, 1.807) is 11.3 Å². The van der Waals surface area contributed by atoms with E-state index in [2.05, 4.69) is 22.1 Å². The fourth-order valence-electron chi connectivity index (χ4n) is 3.33. The van der Waals surface area contributed by atoms with Crippen molar-refractivity contribution in [2.75, 3.05) is 39.4 Å². The molecule has 0 bridgehead atoms. The highest BCUT2D eigenvalue weighted by atomic mass is 32.1. The van der Waals surface area contributed by atoms with Gasteiger partial charge in [-0.05, 0) is 57.7 Å². The molecule has 2 fully saturated rings. The van der Waals surface area contributed by atoms with Crippen molar-refractivity contribution in [2.24, 2.45) is 11.8 Å². The van der Waals surface area contributed by atoms with Crippen LogP contribution in [-0.4, -0.2) is 49.3 Å². The number of nitrogens with one attached hydrogen (secondary N) is 1. The van der Waals surface area contributed by atoms with Crippen LogP contribution in [0.2, 0.25) is 0 Å². The third-order valence-corrected chi connectivity index (χ3v) is 5.69. The van der Waals surface area contributed by atoms with Gasteiger partial charge in [-0.1, -0.05) is 0 Å². The van der Waals surface area contributed by atoms with Crippen molar-refractivity contribution in [1.29, 1.82) is 0 Å². The second kappa shape index (κ2) is 7.68. The molecular formula is C16H27N3OS. The van der Waals surface area contributed by atoms with E-state index in [9.17, 15) is 0 Å². The second-order valence-corrected chi connectivity index (χ2v) is 7.41. The first-order valence-electron chi connectivity index (χ1n) is 8.21. The summed E-state index contributed by atoms with van der Waals surface area (Å²) in [5.41, 5.74) is 3.18.